The van der Waals surface area contributed by atoms with E-state index in [1.165, 1.54) is 16.8 Å². The van der Waals surface area contributed by atoms with Gasteiger partial charge in [0, 0.05) is 18.3 Å². The van der Waals surface area contributed by atoms with Crippen molar-refractivity contribution in [1.29, 1.82) is 0 Å². The Morgan fingerprint density at radius 2 is 1.48 bits per heavy atom. The Kier molecular flexibility index (Phi) is 7.35. The van der Waals surface area contributed by atoms with Gasteiger partial charge in [-0.2, -0.15) is 0 Å². The Labute approximate surface area is 172 Å². The summed E-state index contributed by atoms with van der Waals surface area (Å²) >= 11 is 0. The zero-order valence-electron chi connectivity index (χ0n) is 18.8. The predicted octanol–water partition coefficient (Wildman–Crippen LogP) is 3.50. The Hall–Kier alpha value is -2.70. The number of hydrogen-bond acceptors (Lipinski definition) is 6. The molecule has 0 radical (unpaired) electrons. The van der Waals surface area contributed by atoms with Crippen molar-refractivity contribution in [3.8, 4) is 0 Å². The van der Waals surface area contributed by atoms with Gasteiger partial charge in [0.2, 0.25) is 0 Å². The van der Waals surface area contributed by atoms with Crippen LogP contribution in [0.25, 0.3) is 0 Å². The molecule has 1 aromatic rings. The smallest absolute Gasteiger partial charge is 0.342 e. The topological polar surface area (TPSA) is 87.0 Å². The molecule has 0 bridgehead atoms. The highest BCUT2D eigenvalue weighted by Gasteiger charge is 2.28. The van der Waals surface area contributed by atoms with Crippen LogP contribution in [0.5, 0.6) is 0 Å². The summed E-state index contributed by atoms with van der Waals surface area (Å²) in [5.41, 5.74) is -2.75. The number of pyridine rings is 1. The lowest BCUT2D eigenvalue weighted by atomic mass is 10.1. The van der Waals surface area contributed by atoms with Gasteiger partial charge in [-0.3, -0.25) is 14.4 Å². The number of esters is 2. The predicted molar refractivity (Wildman–Crippen MR) is 113 cm³/mol. The molecule has 0 unspecified atom stereocenters. The molecule has 29 heavy (non-hydrogen) atoms. The van der Waals surface area contributed by atoms with Gasteiger partial charge >= 0.3 is 11.9 Å². The minimum Gasteiger partial charge on any atom is -0.457 e. The maximum Gasteiger partial charge on any atom is 0.342 e. The average molecular weight is 405 g/mol. The third-order valence-corrected chi connectivity index (χ3v) is 3.02. The molecule has 160 valence electrons. The van der Waals surface area contributed by atoms with Crippen LogP contribution < -0.4 is 5.56 Å². The second-order valence-corrected chi connectivity index (χ2v) is 9.61. The summed E-state index contributed by atoms with van der Waals surface area (Å²) in [5.74, 6) is -1.49. The quantitative estimate of drug-likeness (QED) is 0.333. The van der Waals surface area contributed by atoms with Crippen LogP contribution in [0, 0.1) is 0 Å². The van der Waals surface area contributed by atoms with Crippen molar-refractivity contribution < 1.29 is 19.1 Å². The zero-order chi connectivity index (χ0) is 22.6. The first kappa shape index (κ1) is 24.3. The number of nitrogens with zero attached hydrogens (tertiary/aromatic N) is 2. The van der Waals surface area contributed by atoms with Gasteiger partial charge in [0.1, 0.15) is 22.6 Å². The molecule has 1 rings (SSSR count). The van der Waals surface area contributed by atoms with Crippen molar-refractivity contribution in [1.82, 2.24) is 4.57 Å². The number of carbonyl (C=O) groups excluding carboxylic acids is 2. The minimum absolute atomic E-state index is 0.0169. The largest absolute Gasteiger partial charge is 0.457 e. The van der Waals surface area contributed by atoms with Crippen LogP contribution in [0.1, 0.15) is 62.3 Å². The molecule has 0 spiro atoms. The summed E-state index contributed by atoms with van der Waals surface area (Å²) in [6.07, 6.45) is 2.52. The van der Waals surface area contributed by atoms with Crippen molar-refractivity contribution in [2.24, 2.45) is 4.99 Å². The molecule has 0 fully saturated rings. The van der Waals surface area contributed by atoms with E-state index >= 15 is 0 Å². The number of aliphatic imine (C=N–C) groups is 1. The Bertz CT molecular complexity index is 872. The van der Waals surface area contributed by atoms with E-state index in [1.54, 1.807) is 53.7 Å². The van der Waals surface area contributed by atoms with Crippen LogP contribution in [0.2, 0.25) is 0 Å². The molecule has 1 aromatic heterocycles. The Balaban J connectivity index is 3.70. The molecular weight excluding hydrogens is 372 g/mol. The highest BCUT2D eigenvalue weighted by molar-refractivity contribution is 6.22. The van der Waals surface area contributed by atoms with Crippen molar-refractivity contribution >= 4 is 17.8 Å². The van der Waals surface area contributed by atoms with Crippen LogP contribution in [0.15, 0.2) is 45.8 Å². The summed E-state index contributed by atoms with van der Waals surface area (Å²) in [7, 11) is 0. The SMILES string of the molecule is CC(C)(C)N=C(/C(=C\C(=O)OC(C)(C)C)C(=O)OC(C)(C)C)n1ccccc1=O. The van der Waals surface area contributed by atoms with Gasteiger partial charge in [0.05, 0.1) is 5.54 Å². The number of ether oxygens (including phenoxy) is 2. The third-order valence-electron chi connectivity index (χ3n) is 3.02. The first-order valence-corrected chi connectivity index (χ1v) is 9.45. The summed E-state index contributed by atoms with van der Waals surface area (Å²) in [6.45, 7) is 15.8. The van der Waals surface area contributed by atoms with Gasteiger partial charge in [-0.25, -0.2) is 9.59 Å². The summed E-state index contributed by atoms with van der Waals surface area (Å²) in [4.78, 5) is 42.5. The van der Waals surface area contributed by atoms with E-state index in [0.717, 1.165) is 6.08 Å². The number of hydrogen-bond donors (Lipinski definition) is 0. The van der Waals surface area contributed by atoms with Crippen LogP contribution in [-0.4, -0.2) is 39.1 Å². The standard InChI is InChI=1S/C22H32N2O5/c1-20(2,3)23-18(24-13-11-10-12-16(24)25)15(19(27)29-22(7,8)9)14-17(26)28-21(4,5)6/h10-14H,1-9H3/b15-14+,23-18?. The summed E-state index contributed by atoms with van der Waals surface area (Å²) in [6, 6.07) is 4.57. The second-order valence-electron chi connectivity index (χ2n) is 9.61. The molecule has 0 aliphatic carbocycles. The fourth-order valence-electron chi connectivity index (χ4n) is 2.16. The number of carbonyl (C=O) groups is 2. The fourth-order valence-corrected chi connectivity index (χ4v) is 2.16. The Morgan fingerprint density at radius 1 is 0.931 bits per heavy atom. The normalized spacial score (nSPS) is 13.8. The molecule has 0 aliphatic heterocycles. The van der Waals surface area contributed by atoms with Gasteiger partial charge in [0.15, 0.2) is 0 Å². The van der Waals surface area contributed by atoms with E-state index in [0.29, 0.717) is 0 Å². The average Bonchev–Trinajstić information content (AvgIpc) is 2.46. The van der Waals surface area contributed by atoms with E-state index in [9.17, 15) is 14.4 Å². The lowest BCUT2D eigenvalue weighted by molar-refractivity contribution is -0.152. The van der Waals surface area contributed by atoms with Crippen molar-refractivity contribution in [3.63, 3.8) is 0 Å². The molecule has 0 amide bonds. The second kappa shape index (κ2) is 8.76. The Morgan fingerprint density at radius 3 is 1.93 bits per heavy atom. The van der Waals surface area contributed by atoms with Crippen molar-refractivity contribution in [2.75, 3.05) is 0 Å². The van der Waals surface area contributed by atoms with Crippen LogP contribution in [0.4, 0.5) is 0 Å². The molecule has 0 N–H and O–H groups in total. The highest BCUT2D eigenvalue weighted by Crippen LogP contribution is 2.17. The molecule has 0 aliphatic rings. The first-order chi connectivity index (χ1) is 13.0. The van der Waals surface area contributed by atoms with E-state index in [2.05, 4.69) is 4.99 Å². The fraction of sp³-hybridized carbons (Fsp3) is 0.545. The van der Waals surface area contributed by atoms with Gasteiger partial charge in [-0.05, 0) is 68.4 Å². The maximum atomic E-state index is 13.0. The van der Waals surface area contributed by atoms with E-state index in [1.807, 2.05) is 20.8 Å². The molecular formula is C22H32N2O5. The summed E-state index contributed by atoms with van der Waals surface area (Å²) in [5, 5.41) is 0. The first-order valence-electron chi connectivity index (χ1n) is 9.45. The zero-order valence-corrected chi connectivity index (χ0v) is 18.8. The molecule has 1 heterocycles. The molecule has 7 heteroatoms. The van der Waals surface area contributed by atoms with E-state index in [-0.39, 0.29) is 11.4 Å². The molecule has 7 nitrogen and oxygen atoms in total. The van der Waals surface area contributed by atoms with Gasteiger partial charge in [0.25, 0.3) is 5.56 Å². The maximum absolute atomic E-state index is 13.0. The van der Waals surface area contributed by atoms with Gasteiger partial charge < -0.3 is 9.47 Å². The van der Waals surface area contributed by atoms with Gasteiger partial charge in [-0.15, -0.1) is 0 Å². The lowest BCUT2D eigenvalue weighted by Crippen LogP contribution is -2.36. The van der Waals surface area contributed by atoms with E-state index < -0.39 is 34.2 Å². The monoisotopic (exact) mass is 404 g/mol. The van der Waals surface area contributed by atoms with Crippen LogP contribution in [-0.2, 0) is 19.1 Å². The highest BCUT2D eigenvalue weighted by atomic mass is 16.6. The van der Waals surface area contributed by atoms with Crippen molar-refractivity contribution in [3.05, 3.63) is 46.4 Å². The molecule has 0 atom stereocenters. The van der Waals surface area contributed by atoms with Crippen LogP contribution in [0.3, 0.4) is 0 Å². The molecule has 0 saturated heterocycles. The van der Waals surface area contributed by atoms with Crippen LogP contribution >= 0.6 is 0 Å². The molecule has 0 aromatic carbocycles. The number of rotatable bonds is 3. The minimum atomic E-state index is -0.807. The summed E-state index contributed by atoms with van der Waals surface area (Å²) < 4.78 is 12.0. The lowest BCUT2D eigenvalue weighted by Gasteiger charge is -2.24. The van der Waals surface area contributed by atoms with E-state index in [4.69, 9.17) is 9.47 Å². The van der Waals surface area contributed by atoms with Crippen molar-refractivity contribution in [2.45, 2.75) is 79.1 Å². The van der Waals surface area contributed by atoms with Gasteiger partial charge in [-0.1, -0.05) is 6.07 Å². The number of aromatic nitrogens is 1. The third kappa shape index (κ3) is 8.89. The molecule has 0 saturated carbocycles.